The zero-order valence-corrected chi connectivity index (χ0v) is 12.6. The van der Waals surface area contributed by atoms with Crippen molar-refractivity contribution in [1.29, 1.82) is 0 Å². The smallest absolute Gasteiger partial charge is 0.0619 e. The fraction of sp³-hybridized carbons (Fsp3) is 0. The van der Waals surface area contributed by atoms with E-state index in [0.717, 1.165) is 20.8 Å². The van der Waals surface area contributed by atoms with Crippen LogP contribution in [0.15, 0.2) is 70.7 Å². The predicted molar refractivity (Wildman–Crippen MR) is 89.4 cm³/mol. The molecular weight excluding hydrogens is 300 g/mol. The Bertz CT molecular complexity index is 823. The van der Waals surface area contributed by atoms with E-state index in [1.54, 1.807) is 0 Å². The van der Waals surface area contributed by atoms with Crippen LogP contribution >= 0.6 is 24.1 Å². The van der Waals surface area contributed by atoms with Crippen molar-refractivity contribution in [3.8, 4) is 0 Å². The Morgan fingerprint density at radius 2 is 1.14 bits per heavy atom. The van der Waals surface area contributed by atoms with Crippen LogP contribution in [0.2, 0.25) is 0 Å². The molecule has 0 spiro atoms. The third kappa shape index (κ3) is 2.44. The van der Waals surface area contributed by atoms with Crippen LogP contribution in [-0.2, 0) is 3.63 Å². The van der Waals surface area contributed by atoms with Crippen LogP contribution in [0.4, 0.5) is 0 Å². The SMILES string of the molecule is c1ccc2c(SOSc3c[nH]c4ccccc34)c[nH]c2c1. The van der Waals surface area contributed by atoms with Crippen LogP contribution < -0.4 is 0 Å². The second-order valence-electron chi connectivity index (χ2n) is 4.63. The zero-order chi connectivity index (χ0) is 14.1. The van der Waals surface area contributed by atoms with E-state index in [4.69, 9.17) is 3.63 Å². The normalized spacial score (nSPS) is 11.4. The number of aromatic nitrogens is 2. The van der Waals surface area contributed by atoms with Gasteiger partial charge in [0.05, 0.1) is 9.79 Å². The van der Waals surface area contributed by atoms with Crippen molar-refractivity contribution in [3.05, 3.63) is 60.9 Å². The second-order valence-corrected chi connectivity index (χ2v) is 6.39. The van der Waals surface area contributed by atoms with Crippen molar-refractivity contribution >= 4 is 45.9 Å². The summed E-state index contributed by atoms with van der Waals surface area (Å²) in [5.74, 6) is 0. The molecule has 21 heavy (non-hydrogen) atoms. The molecule has 0 fully saturated rings. The molecule has 0 bridgehead atoms. The topological polar surface area (TPSA) is 40.8 Å². The summed E-state index contributed by atoms with van der Waals surface area (Å²) < 4.78 is 5.73. The Balaban J connectivity index is 1.50. The Hall–Kier alpha value is -1.82. The number of hydrogen-bond acceptors (Lipinski definition) is 3. The van der Waals surface area contributed by atoms with Crippen molar-refractivity contribution in [1.82, 2.24) is 9.97 Å². The third-order valence-electron chi connectivity index (χ3n) is 3.35. The molecule has 4 rings (SSSR count). The van der Waals surface area contributed by atoms with Gasteiger partial charge in [-0.1, -0.05) is 36.4 Å². The van der Waals surface area contributed by atoms with Gasteiger partial charge in [-0.05, 0) is 12.1 Å². The lowest BCUT2D eigenvalue weighted by Crippen LogP contribution is -1.71. The summed E-state index contributed by atoms with van der Waals surface area (Å²) in [5.41, 5.74) is 2.25. The summed E-state index contributed by atoms with van der Waals surface area (Å²) in [6.45, 7) is 0. The number of aromatic amines is 2. The molecule has 0 saturated heterocycles. The Kier molecular flexibility index (Phi) is 3.39. The van der Waals surface area contributed by atoms with E-state index in [9.17, 15) is 0 Å². The zero-order valence-electron chi connectivity index (χ0n) is 11.0. The van der Waals surface area contributed by atoms with Crippen LogP contribution in [0.25, 0.3) is 21.8 Å². The van der Waals surface area contributed by atoms with Gasteiger partial charge in [-0.3, -0.25) is 0 Å². The van der Waals surface area contributed by atoms with Crippen molar-refractivity contribution in [3.63, 3.8) is 0 Å². The highest BCUT2D eigenvalue weighted by molar-refractivity contribution is 8.08. The number of nitrogens with one attached hydrogen (secondary N) is 2. The molecule has 2 N–H and O–H groups in total. The first-order valence-electron chi connectivity index (χ1n) is 6.55. The molecule has 2 aromatic carbocycles. The first-order valence-corrected chi connectivity index (χ1v) is 8.03. The maximum atomic E-state index is 5.73. The molecule has 3 nitrogen and oxygen atoms in total. The standard InChI is InChI=1S/C16H12N2OS2/c1-3-7-13-11(5-1)15(9-17-13)20-19-21-16-10-18-14-8-4-2-6-12(14)16/h1-10,17-18H. The van der Waals surface area contributed by atoms with Gasteiger partial charge >= 0.3 is 0 Å². The molecule has 0 aliphatic heterocycles. The average molecular weight is 312 g/mol. The van der Waals surface area contributed by atoms with Gasteiger partial charge in [0.1, 0.15) is 0 Å². The van der Waals surface area contributed by atoms with E-state index in [1.807, 2.05) is 36.7 Å². The molecule has 2 aromatic heterocycles. The van der Waals surface area contributed by atoms with E-state index in [1.165, 1.54) is 34.9 Å². The summed E-state index contributed by atoms with van der Waals surface area (Å²) in [5, 5.41) is 2.36. The monoisotopic (exact) mass is 312 g/mol. The number of benzene rings is 2. The molecule has 4 aromatic rings. The summed E-state index contributed by atoms with van der Waals surface area (Å²) in [4.78, 5) is 8.68. The van der Waals surface area contributed by atoms with Gasteiger partial charge in [0.15, 0.2) is 0 Å². The summed E-state index contributed by atoms with van der Waals surface area (Å²) in [6, 6.07) is 16.4. The first-order chi connectivity index (χ1) is 10.4. The quantitative estimate of drug-likeness (QED) is 0.497. The Morgan fingerprint density at radius 1 is 0.667 bits per heavy atom. The van der Waals surface area contributed by atoms with E-state index < -0.39 is 0 Å². The molecule has 0 saturated carbocycles. The highest BCUT2D eigenvalue weighted by Gasteiger charge is 2.07. The van der Waals surface area contributed by atoms with Crippen molar-refractivity contribution in [2.75, 3.05) is 0 Å². The molecule has 0 amide bonds. The lowest BCUT2D eigenvalue weighted by molar-refractivity contribution is 0.758. The maximum Gasteiger partial charge on any atom is 0.0619 e. The largest absolute Gasteiger partial charge is 0.360 e. The van der Waals surface area contributed by atoms with Crippen LogP contribution in [0, 0.1) is 0 Å². The molecule has 0 radical (unpaired) electrons. The molecule has 0 aliphatic rings. The van der Waals surface area contributed by atoms with E-state index in [0.29, 0.717) is 0 Å². The van der Waals surface area contributed by atoms with Gasteiger partial charge in [0.2, 0.25) is 0 Å². The van der Waals surface area contributed by atoms with Gasteiger partial charge in [0.25, 0.3) is 0 Å². The van der Waals surface area contributed by atoms with Gasteiger partial charge < -0.3 is 9.97 Å². The second kappa shape index (κ2) is 5.52. The minimum atomic E-state index is 1.10. The molecule has 104 valence electrons. The highest BCUT2D eigenvalue weighted by Crippen LogP contribution is 2.36. The highest BCUT2D eigenvalue weighted by atomic mass is 32.2. The predicted octanol–water partition coefficient (Wildman–Crippen LogP) is 5.38. The number of hydrogen-bond donors (Lipinski definition) is 2. The molecule has 0 atom stereocenters. The average Bonchev–Trinajstić information content (AvgIpc) is 3.13. The summed E-state index contributed by atoms with van der Waals surface area (Å²) >= 11 is 2.76. The van der Waals surface area contributed by atoms with Gasteiger partial charge in [-0.25, -0.2) is 3.63 Å². The van der Waals surface area contributed by atoms with Crippen LogP contribution in [0.5, 0.6) is 0 Å². The maximum absolute atomic E-state index is 5.73. The molecular formula is C16H12N2OS2. The van der Waals surface area contributed by atoms with Crippen LogP contribution in [0.3, 0.4) is 0 Å². The molecule has 0 aliphatic carbocycles. The van der Waals surface area contributed by atoms with Gasteiger partial charge in [0, 0.05) is 58.3 Å². The Morgan fingerprint density at radius 3 is 1.67 bits per heavy atom. The minimum Gasteiger partial charge on any atom is -0.360 e. The summed E-state index contributed by atoms with van der Waals surface area (Å²) in [7, 11) is 0. The van der Waals surface area contributed by atoms with Crippen molar-refractivity contribution in [2.24, 2.45) is 0 Å². The van der Waals surface area contributed by atoms with Crippen LogP contribution in [-0.4, -0.2) is 9.97 Å². The molecule has 5 heteroatoms. The third-order valence-corrected chi connectivity index (χ3v) is 4.93. The summed E-state index contributed by atoms with van der Waals surface area (Å²) in [6.07, 6.45) is 3.95. The number of fused-ring (bicyclic) bond motifs is 2. The Labute approximate surface area is 130 Å². The van der Waals surface area contributed by atoms with E-state index in [-0.39, 0.29) is 0 Å². The van der Waals surface area contributed by atoms with Gasteiger partial charge in [-0.2, -0.15) is 0 Å². The van der Waals surface area contributed by atoms with Gasteiger partial charge in [-0.15, -0.1) is 0 Å². The fourth-order valence-electron chi connectivity index (χ4n) is 2.32. The number of rotatable bonds is 4. The van der Waals surface area contributed by atoms with E-state index >= 15 is 0 Å². The van der Waals surface area contributed by atoms with Crippen molar-refractivity contribution < 1.29 is 3.63 Å². The van der Waals surface area contributed by atoms with Crippen LogP contribution in [0.1, 0.15) is 0 Å². The lowest BCUT2D eigenvalue weighted by atomic mass is 10.2. The minimum absolute atomic E-state index is 1.10. The molecule has 2 heterocycles. The molecule has 0 unspecified atom stereocenters. The number of para-hydroxylation sites is 2. The first kappa shape index (κ1) is 12.9. The lowest BCUT2D eigenvalue weighted by Gasteiger charge is -1.99. The number of H-pyrrole nitrogens is 2. The van der Waals surface area contributed by atoms with E-state index in [2.05, 4.69) is 34.2 Å². The van der Waals surface area contributed by atoms with Crippen molar-refractivity contribution in [2.45, 2.75) is 9.79 Å². The fourth-order valence-corrected chi connectivity index (χ4v) is 3.79.